The molecular formula is C22H25N3O2. The molecule has 0 spiro atoms. The number of rotatable bonds is 7. The molecule has 27 heavy (non-hydrogen) atoms. The summed E-state index contributed by atoms with van der Waals surface area (Å²) in [6.45, 7) is 6.68. The van der Waals surface area contributed by atoms with Crippen LogP contribution in [0.2, 0.25) is 0 Å². The molecule has 2 aromatic carbocycles. The van der Waals surface area contributed by atoms with Crippen LogP contribution in [0, 0.1) is 6.92 Å². The lowest BCUT2D eigenvalue weighted by atomic mass is 10.1. The molecule has 1 heterocycles. The van der Waals surface area contributed by atoms with E-state index in [1.54, 1.807) is 0 Å². The molecule has 1 aromatic heterocycles. The van der Waals surface area contributed by atoms with E-state index in [4.69, 9.17) is 4.42 Å². The van der Waals surface area contributed by atoms with Crippen LogP contribution < -0.4 is 0 Å². The van der Waals surface area contributed by atoms with Gasteiger partial charge in [0.1, 0.15) is 0 Å². The Morgan fingerprint density at radius 2 is 1.74 bits per heavy atom. The van der Waals surface area contributed by atoms with E-state index in [-0.39, 0.29) is 11.9 Å². The van der Waals surface area contributed by atoms with E-state index in [0.29, 0.717) is 31.2 Å². The molecule has 0 atom stereocenters. The normalized spacial score (nSPS) is 11.0. The molecule has 0 aliphatic rings. The van der Waals surface area contributed by atoms with Crippen molar-refractivity contribution >= 4 is 5.91 Å². The first kappa shape index (κ1) is 18.8. The van der Waals surface area contributed by atoms with Crippen LogP contribution in [0.15, 0.2) is 59.0 Å². The summed E-state index contributed by atoms with van der Waals surface area (Å²) in [5, 5.41) is 8.24. The van der Waals surface area contributed by atoms with Crippen LogP contribution in [0.5, 0.6) is 0 Å². The van der Waals surface area contributed by atoms with E-state index in [1.807, 2.05) is 80.3 Å². The van der Waals surface area contributed by atoms with Crippen molar-refractivity contribution in [2.75, 3.05) is 0 Å². The monoisotopic (exact) mass is 363 g/mol. The van der Waals surface area contributed by atoms with Crippen LogP contribution in [0.1, 0.15) is 37.3 Å². The van der Waals surface area contributed by atoms with Crippen LogP contribution >= 0.6 is 0 Å². The first-order valence-electron chi connectivity index (χ1n) is 9.26. The van der Waals surface area contributed by atoms with Gasteiger partial charge in [-0.05, 0) is 38.0 Å². The molecule has 0 unspecified atom stereocenters. The molecular weight excluding hydrogens is 338 g/mol. The van der Waals surface area contributed by atoms with Crippen LogP contribution in [0.4, 0.5) is 0 Å². The van der Waals surface area contributed by atoms with Gasteiger partial charge < -0.3 is 9.32 Å². The molecule has 0 aliphatic heterocycles. The number of aromatic nitrogens is 2. The van der Waals surface area contributed by atoms with Gasteiger partial charge in [0.2, 0.25) is 17.7 Å². The first-order chi connectivity index (χ1) is 13.0. The molecule has 3 aromatic rings. The molecule has 0 saturated heterocycles. The van der Waals surface area contributed by atoms with Crippen LogP contribution in [0.25, 0.3) is 11.5 Å². The Balaban J connectivity index is 1.63. The topological polar surface area (TPSA) is 59.2 Å². The highest BCUT2D eigenvalue weighted by atomic mass is 16.4. The molecule has 0 N–H and O–H groups in total. The molecule has 0 fully saturated rings. The van der Waals surface area contributed by atoms with Crippen molar-refractivity contribution in [1.29, 1.82) is 0 Å². The summed E-state index contributed by atoms with van der Waals surface area (Å²) in [4.78, 5) is 14.6. The largest absolute Gasteiger partial charge is 0.421 e. The highest BCUT2D eigenvalue weighted by Crippen LogP contribution is 2.22. The maximum absolute atomic E-state index is 12.7. The SMILES string of the molecule is Cc1ccccc1-c1nnc(CCC(=O)N(Cc2ccccc2)C(C)C)o1. The molecule has 1 amide bonds. The van der Waals surface area contributed by atoms with Crippen LogP contribution in [-0.4, -0.2) is 27.0 Å². The summed E-state index contributed by atoms with van der Waals surface area (Å²) in [5.41, 5.74) is 3.13. The van der Waals surface area contributed by atoms with E-state index in [2.05, 4.69) is 10.2 Å². The first-order valence-corrected chi connectivity index (χ1v) is 9.26. The third-order valence-electron chi connectivity index (χ3n) is 4.53. The van der Waals surface area contributed by atoms with E-state index in [0.717, 1.165) is 16.7 Å². The number of carbonyl (C=O) groups excluding carboxylic acids is 1. The summed E-state index contributed by atoms with van der Waals surface area (Å²) in [6, 6.07) is 18.0. The second-order valence-corrected chi connectivity index (χ2v) is 6.92. The number of hydrogen-bond acceptors (Lipinski definition) is 4. The Bertz CT molecular complexity index is 887. The average molecular weight is 363 g/mol. The number of benzene rings is 2. The van der Waals surface area contributed by atoms with Gasteiger partial charge in [0.25, 0.3) is 0 Å². The van der Waals surface area contributed by atoms with Gasteiger partial charge in [0.05, 0.1) is 0 Å². The van der Waals surface area contributed by atoms with E-state index >= 15 is 0 Å². The van der Waals surface area contributed by atoms with Gasteiger partial charge in [0.15, 0.2) is 0 Å². The van der Waals surface area contributed by atoms with Crippen molar-refractivity contribution in [3.63, 3.8) is 0 Å². The zero-order valence-corrected chi connectivity index (χ0v) is 16.1. The Morgan fingerprint density at radius 1 is 1.04 bits per heavy atom. The summed E-state index contributed by atoms with van der Waals surface area (Å²) in [7, 11) is 0. The third kappa shape index (κ3) is 4.82. The highest BCUT2D eigenvalue weighted by molar-refractivity contribution is 5.76. The van der Waals surface area contributed by atoms with Crippen molar-refractivity contribution in [3.05, 3.63) is 71.6 Å². The molecule has 0 saturated carbocycles. The molecule has 0 radical (unpaired) electrons. The van der Waals surface area contributed by atoms with Gasteiger partial charge in [-0.3, -0.25) is 4.79 Å². The zero-order chi connectivity index (χ0) is 19.2. The summed E-state index contributed by atoms with van der Waals surface area (Å²) in [6.07, 6.45) is 0.788. The fourth-order valence-corrected chi connectivity index (χ4v) is 2.97. The third-order valence-corrected chi connectivity index (χ3v) is 4.53. The summed E-state index contributed by atoms with van der Waals surface area (Å²) in [5.74, 6) is 1.08. The maximum Gasteiger partial charge on any atom is 0.247 e. The number of hydrogen-bond donors (Lipinski definition) is 0. The van der Waals surface area contributed by atoms with Gasteiger partial charge in [-0.2, -0.15) is 0 Å². The second-order valence-electron chi connectivity index (χ2n) is 6.92. The summed E-state index contributed by atoms with van der Waals surface area (Å²) < 4.78 is 5.77. The molecule has 140 valence electrons. The van der Waals surface area contributed by atoms with E-state index in [9.17, 15) is 4.79 Å². The zero-order valence-electron chi connectivity index (χ0n) is 16.1. The van der Waals surface area contributed by atoms with Gasteiger partial charge in [-0.25, -0.2) is 0 Å². The highest BCUT2D eigenvalue weighted by Gasteiger charge is 2.19. The van der Waals surface area contributed by atoms with Gasteiger partial charge in [0, 0.05) is 31.0 Å². The summed E-state index contributed by atoms with van der Waals surface area (Å²) >= 11 is 0. The van der Waals surface area contributed by atoms with Crippen molar-refractivity contribution < 1.29 is 9.21 Å². The average Bonchev–Trinajstić information content (AvgIpc) is 3.14. The fourth-order valence-electron chi connectivity index (χ4n) is 2.97. The van der Waals surface area contributed by atoms with Crippen molar-refractivity contribution in [2.24, 2.45) is 0 Å². The minimum atomic E-state index is 0.0875. The number of nitrogens with zero attached hydrogens (tertiary/aromatic N) is 3. The minimum absolute atomic E-state index is 0.0875. The molecule has 5 nitrogen and oxygen atoms in total. The standard InChI is InChI=1S/C22H25N3O2/c1-16(2)25(15-18-10-5-4-6-11-18)21(26)14-13-20-23-24-22(27-20)19-12-8-7-9-17(19)3/h4-12,16H,13-15H2,1-3H3. The fraction of sp³-hybridized carbons (Fsp3) is 0.318. The van der Waals surface area contributed by atoms with E-state index < -0.39 is 0 Å². The maximum atomic E-state index is 12.7. The van der Waals surface area contributed by atoms with Gasteiger partial charge in [-0.15, -0.1) is 10.2 Å². The Morgan fingerprint density at radius 3 is 2.44 bits per heavy atom. The number of aryl methyl sites for hydroxylation is 2. The van der Waals surface area contributed by atoms with Crippen LogP contribution in [-0.2, 0) is 17.8 Å². The molecule has 3 rings (SSSR count). The van der Waals surface area contributed by atoms with Crippen molar-refractivity contribution in [2.45, 2.75) is 46.2 Å². The van der Waals surface area contributed by atoms with Gasteiger partial charge in [-0.1, -0.05) is 48.5 Å². The van der Waals surface area contributed by atoms with Crippen LogP contribution in [0.3, 0.4) is 0 Å². The Labute approximate surface area is 160 Å². The predicted molar refractivity (Wildman–Crippen MR) is 105 cm³/mol. The minimum Gasteiger partial charge on any atom is -0.421 e. The van der Waals surface area contributed by atoms with Gasteiger partial charge >= 0.3 is 0 Å². The van der Waals surface area contributed by atoms with Crippen molar-refractivity contribution in [3.8, 4) is 11.5 Å². The lowest BCUT2D eigenvalue weighted by Gasteiger charge is -2.27. The lowest BCUT2D eigenvalue weighted by Crippen LogP contribution is -2.36. The predicted octanol–water partition coefficient (Wildman–Crippen LogP) is 4.41. The number of amides is 1. The van der Waals surface area contributed by atoms with Crippen molar-refractivity contribution in [1.82, 2.24) is 15.1 Å². The second kappa shape index (κ2) is 8.62. The quantitative estimate of drug-likeness (QED) is 0.624. The number of carbonyl (C=O) groups is 1. The molecule has 0 bridgehead atoms. The van der Waals surface area contributed by atoms with E-state index in [1.165, 1.54) is 0 Å². The lowest BCUT2D eigenvalue weighted by molar-refractivity contribution is -0.133. The smallest absolute Gasteiger partial charge is 0.247 e. The Kier molecular flexibility index (Phi) is 6.01. The molecule has 0 aliphatic carbocycles. The Hall–Kier alpha value is -2.95. The molecule has 5 heteroatoms.